The zero-order valence-corrected chi connectivity index (χ0v) is 16.9. The lowest BCUT2D eigenvalue weighted by Crippen LogP contribution is -2.35. The Morgan fingerprint density at radius 3 is 2.68 bits per heavy atom. The van der Waals surface area contributed by atoms with E-state index < -0.39 is 5.41 Å². The zero-order chi connectivity index (χ0) is 18.2. The summed E-state index contributed by atoms with van der Waals surface area (Å²) >= 11 is 3.44. The molecule has 6 heteroatoms. The molecule has 0 radical (unpaired) electrons. The molecule has 134 valence electrons. The normalized spacial score (nSPS) is 16.8. The van der Waals surface area contributed by atoms with Crippen molar-refractivity contribution in [2.24, 2.45) is 10.5 Å². The predicted octanol–water partition coefficient (Wildman–Crippen LogP) is 3.95. The van der Waals surface area contributed by atoms with Gasteiger partial charge < -0.3 is 0 Å². The van der Waals surface area contributed by atoms with E-state index in [4.69, 9.17) is 5.10 Å². The van der Waals surface area contributed by atoms with Crippen LogP contribution in [0.4, 0.5) is 0 Å². The van der Waals surface area contributed by atoms with Crippen LogP contribution in [0.25, 0.3) is 5.52 Å². The van der Waals surface area contributed by atoms with E-state index in [0.717, 1.165) is 52.8 Å². The number of halogens is 1. The van der Waals surface area contributed by atoms with Gasteiger partial charge in [-0.25, -0.2) is 9.52 Å². The van der Waals surface area contributed by atoms with Gasteiger partial charge in [-0.3, -0.25) is 4.79 Å². The standard InChI is InChI=1S/C19H25BrN4O/c1-5-14-12-16-15(9-8-13(2)24(16)21-14)17-19(3,4)18(25)23(22-17)11-7-6-10-20/h8-9,12H,5-7,10-11H2,1-4H3. The minimum Gasteiger partial charge on any atom is -0.272 e. The van der Waals surface area contributed by atoms with Crippen molar-refractivity contribution >= 4 is 33.1 Å². The van der Waals surface area contributed by atoms with Gasteiger partial charge in [-0.05, 0) is 58.2 Å². The number of amides is 1. The molecule has 0 saturated carbocycles. The highest BCUT2D eigenvalue weighted by molar-refractivity contribution is 9.09. The molecular weight excluding hydrogens is 380 g/mol. The largest absolute Gasteiger partial charge is 0.272 e. The molecule has 2 aromatic heterocycles. The Kier molecular flexibility index (Phi) is 5.00. The Morgan fingerprint density at radius 2 is 2.00 bits per heavy atom. The molecule has 0 fully saturated rings. The molecule has 0 spiro atoms. The molecule has 1 amide bonds. The van der Waals surface area contributed by atoms with Crippen LogP contribution in [-0.4, -0.2) is 38.1 Å². The zero-order valence-electron chi connectivity index (χ0n) is 15.3. The number of rotatable bonds is 6. The van der Waals surface area contributed by atoms with Gasteiger partial charge in [0, 0.05) is 23.1 Å². The minimum atomic E-state index is -0.624. The summed E-state index contributed by atoms with van der Waals surface area (Å²) in [5.41, 5.74) is 4.37. The summed E-state index contributed by atoms with van der Waals surface area (Å²) in [5.74, 6) is 0.0750. The van der Waals surface area contributed by atoms with Crippen molar-refractivity contribution in [1.82, 2.24) is 14.6 Å². The van der Waals surface area contributed by atoms with Gasteiger partial charge in [0.2, 0.25) is 0 Å². The predicted molar refractivity (Wildman–Crippen MR) is 104 cm³/mol. The van der Waals surface area contributed by atoms with Gasteiger partial charge in [0.05, 0.1) is 22.3 Å². The summed E-state index contributed by atoms with van der Waals surface area (Å²) in [4.78, 5) is 12.8. The van der Waals surface area contributed by atoms with Gasteiger partial charge in [0.1, 0.15) is 0 Å². The van der Waals surface area contributed by atoms with Crippen molar-refractivity contribution in [1.29, 1.82) is 0 Å². The third kappa shape index (κ3) is 3.12. The topological polar surface area (TPSA) is 50.0 Å². The number of carbonyl (C=O) groups excluding carboxylic acids is 1. The second kappa shape index (κ2) is 6.90. The fourth-order valence-electron chi connectivity index (χ4n) is 3.24. The first-order chi connectivity index (χ1) is 11.9. The Bertz CT molecular complexity index is 837. The number of alkyl halides is 1. The lowest BCUT2D eigenvalue weighted by Gasteiger charge is -2.20. The summed E-state index contributed by atoms with van der Waals surface area (Å²) in [6.07, 6.45) is 2.86. The molecule has 2 aromatic rings. The number of carbonyl (C=O) groups is 1. The van der Waals surface area contributed by atoms with Gasteiger partial charge in [0.25, 0.3) is 5.91 Å². The Labute approximate surface area is 157 Å². The molecule has 0 unspecified atom stereocenters. The van der Waals surface area contributed by atoms with Crippen molar-refractivity contribution in [3.05, 3.63) is 35.2 Å². The van der Waals surface area contributed by atoms with E-state index in [1.54, 1.807) is 5.01 Å². The lowest BCUT2D eigenvalue weighted by molar-refractivity contribution is -0.135. The highest BCUT2D eigenvalue weighted by Gasteiger charge is 2.44. The number of hydrogen-bond acceptors (Lipinski definition) is 3. The maximum atomic E-state index is 12.8. The molecule has 0 atom stereocenters. The van der Waals surface area contributed by atoms with E-state index in [2.05, 4.69) is 40.1 Å². The molecule has 0 aromatic carbocycles. The van der Waals surface area contributed by atoms with E-state index in [1.807, 2.05) is 31.4 Å². The second-order valence-corrected chi connectivity index (χ2v) is 7.87. The molecule has 25 heavy (non-hydrogen) atoms. The number of unbranched alkanes of at least 4 members (excludes halogenated alkanes) is 1. The van der Waals surface area contributed by atoms with Gasteiger partial charge in [-0.15, -0.1) is 0 Å². The summed E-state index contributed by atoms with van der Waals surface area (Å²) in [6.45, 7) is 8.74. The van der Waals surface area contributed by atoms with Gasteiger partial charge in [-0.2, -0.15) is 10.2 Å². The van der Waals surface area contributed by atoms with Crippen molar-refractivity contribution in [3.8, 4) is 0 Å². The van der Waals surface area contributed by atoms with E-state index in [-0.39, 0.29) is 5.91 Å². The van der Waals surface area contributed by atoms with Crippen LogP contribution in [0, 0.1) is 12.3 Å². The highest BCUT2D eigenvalue weighted by atomic mass is 79.9. The second-order valence-electron chi connectivity index (χ2n) is 7.07. The first kappa shape index (κ1) is 18.1. The maximum absolute atomic E-state index is 12.8. The summed E-state index contributed by atoms with van der Waals surface area (Å²) in [5, 5.41) is 12.0. The van der Waals surface area contributed by atoms with Crippen molar-refractivity contribution in [3.63, 3.8) is 0 Å². The fourth-order valence-corrected chi connectivity index (χ4v) is 3.63. The number of hydrogen-bond donors (Lipinski definition) is 0. The molecule has 5 nitrogen and oxygen atoms in total. The molecule has 1 aliphatic heterocycles. The molecule has 3 heterocycles. The van der Waals surface area contributed by atoms with Crippen LogP contribution < -0.4 is 0 Å². The minimum absolute atomic E-state index is 0.0750. The maximum Gasteiger partial charge on any atom is 0.254 e. The van der Waals surface area contributed by atoms with Crippen LogP contribution in [0.1, 0.15) is 50.6 Å². The average Bonchev–Trinajstić information content (AvgIpc) is 3.11. The van der Waals surface area contributed by atoms with Crippen LogP contribution in [0.3, 0.4) is 0 Å². The van der Waals surface area contributed by atoms with Crippen LogP contribution >= 0.6 is 15.9 Å². The Balaban J connectivity index is 2.06. The number of nitrogens with zero attached hydrogens (tertiary/aromatic N) is 4. The van der Waals surface area contributed by atoms with Crippen LogP contribution in [0.5, 0.6) is 0 Å². The van der Waals surface area contributed by atoms with E-state index in [0.29, 0.717) is 6.54 Å². The van der Waals surface area contributed by atoms with Crippen molar-refractivity contribution < 1.29 is 4.79 Å². The van der Waals surface area contributed by atoms with Crippen molar-refractivity contribution in [2.45, 2.75) is 47.0 Å². The molecule has 0 N–H and O–H groups in total. The number of hydrazone groups is 1. The highest BCUT2D eigenvalue weighted by Crippen LogP contribution is 2.34. The van der Waals surface area contributed by atoms with Crippen LogP contribution in [-0.2, 0) is 11.2 Å². The quantitative estimate of drug-likeness (QED) is 0.540. The molecule has 0 saturated heterocycles. The van der Waals surface area contributed by atoms with Crippen molar-refractivity contribution in [2.75, 3.05) is 11.9 Å². The lowest BCUT2D eigenvalue weighted by atomic mass is 9.83. The summed E-state index contributed by atoms with van der Waals surface area (Å²) < 4.78 is 1.96. The monoisotopic (exact) mass is 404 g/mol. The fraction of sp³-hybridized carbons (Fsp3) is 0.526. The third-order valence-corrected chi connectivity index (χ3v) is 5.37. The SMILES string of the molecule is CCc1cc2c(C3=NN(CCCCBr)C(=O)C3(C)C)ccc(C)n2n1. The van der Waals surface area contributed by atoms with E-state index >= 15 is 0 Å². The Hall–Kier alpha value is -1.69. The summed E-state index contributed by atoms with van der Waals surface area (Å²) in [7, 11) is 0. The first-order valence-corrected chi connectivity index (χ1v) is 9.98. The molecule has 0 bridgehead atoms. The van der Waals surface area contributed by atoms with Gasteiger partial charge in [0.15, 0.2) is 0 Å². The Morgan fingerprint density at radius 1 is 1.24 bits per heavy atom. The molecule has 3 rings (SSSR count). The van der Waals surface area contributed by atoms with Crippen LogP contribution in [0.15, 0.2) is 23.3 Å². The van der Waals surface area contributed by atoms with Gasteiger partial charge in [-0.1, -0.05) is 22.9 Å². The van der Waals surface area contributed by atoms with E-state index in [1.165, 1.54) is 0 Å². The molecular formula is C19H25BrN4O. The molecule has 0 aliphatic carbocycles. The van der Waals surface area contributed by atoms with E-state index in [9.17, 15) is 4.79 Å². The number of fused-ring (bicyclic) bond motifs is 1. The third-order valence-electron chi connectivity index (χ3n) is 4.81. The first-order valence-electron chi connectivity index (χ1n) is 8.85. The van der Waals surface area contributed by atoms with Crippen LogP contribution in [0.2, 0.25) is 0 Å². The number of aromatic nitrogens is 2. The number of aryl methyl sites for hydroxylation is 2. The smallest absolute Gasteiger partial charge is 0.254 e. The number of pyridine rings is 1. The summed E-state index contributed by atoms with van der Waals surface area (Å²) in [6, 6.07) is 6.23. The average molecular weight is 405 g/mol. The molecule has 1 aliphatic rings. The van der Waals surface area contributed by atoms with Gasteiger partial charge >= 0.3 is 0 Å².